The Balaban J connectivity index is 1.78. The van der Waals surface area contributed by atoms with Gasteiger partial charge in [0.25, 0.3) is 0 Å². The zero-order valence-corrected chi connectivity index (χ0v) is 11.5. The number of aromatic nitrogens is 1. The summed E-state index contributed by atoms with van der Waals surface area (Å²) in [7, 11) is 0. The first-order chi connectivity index (χ1) is 8.63. The fourth-order valence-corrected chi connectivity index (χ4v) is 2.40. The molecule has 1 aliphatic heterocycles. The Bertz CT molecular complexity index is 353. The Morgan fingerprint density at radius 2 is 1.83 bits per heavy atom. The fraction of sp³-hybridized carbons (Fsp3) is 0.643. The van der Waals surface area contributed by atoms with E-state index < -0.39 is 0 Å². The summed E-state index contributed by atoms with van der Waals surface area (Å²) in [6.45, 7) is 11.3. The summed E-state index contributed by atoms with van der Waals surface area (Å²) in [5, 5.41) is 0. The number of hydrogen-bond acceptors (Lipinski definition) is 4. The Labute approximate surface area is 110 Å². The molecule has 2 N–H and O–H groups in total. The van der Waals surface area contributed by atoms with E-state index in [1.807, 2.05) is 12.1 Å². The van der Waals surface area contributed by atoms with Crippen LogP contribution >= 0.6 is 0 Å². The van der Waals surface area contributed by atoms with E-state index in [0.717, 1.165) is 36.9 Å². The molecular weight excluding hydrogens is 224 g/mol. The average Bonchev–Trinajstić information content (AvgIpc) is 2.34. The largest absolute Gasteiger partial charge is 0.397 e. The van der Waals surface area contributed by atoms with Crippen LogP contribution in [0.4, 0.5) is 5.69 Å². The van der Waals surface area contributed by atoms with Crippen molar-refractivity contribution in [3.8, 4) is 0 Å². The molecule has 4 nitrogen and oxygen atoms in total. The lowest BCUT2D eigenvalue weighted by Crippen LogP contribution is -2.46. The number of hydrogen-bond donors (Lipinski definition) is 1. The molecule has 0 bridgehead atoms. The summed E-state index contributed by atoms with van der Waals surface area (Å²) in [6, 6.07) is 3.95. The van der Waals surface area contributed by atoms with Gasteiger partial charge in [-0.3, -0.25) is 9.88 Å². The van der Waals surface area contributed by atoms with Crippen molar-refractivity contribution in [1.29, 1.82) is 0 Å². The van der Waals surface area contributed by atoms with Crippen molar-refractivity contribution >= 4 is 5.69 Å². The van der Waals surface area contributed by atoms with Crippen molar-refractivity contribution in [2.45, 2.75) is 20.4 Å². The Morgan fingerprint density at radius 3 is 2.39 bits per heavy atom. The second-order valence-electron chi connectivity index (χ2n) is 5.55. The highest BCUT2D eigenvalue weighted by molar-refractivity contribution is 5.34. The molecular formula is C14H24N4. The minimum absolute atomic E-state index is 0.737. The summed E-state index contributed by atoms with van der Waals surface area (Å²) >= 11 is 0. The molecule has 0 aliphatic carbocycles. The van der Waals surface area contributed by atoms with Crippen LogP contribution < -0.4 is 5.73 Å². The monoisotopic (exact) mass is 248 g/mol. The molecule has 1 aliphatic rings. The lowest BCUT2D eigenvalue weighted by atomic mass is 10.2. The second kappa shape index (κ2) is 6.16. The molecule has 0 atom stereocenters. The molecule has 1 saturated heterocycles. The van der Waals surface area contributed by atoms with Crippen LogP contribution in [0.3, 0.4) is 0 Å². The second-order valence-corrected chi connectivity index (χ2v) is 5.55. The molecule has 0 spiro atoms. The van der Waals surface area contributed by atoms with Gasteiger partial charge < -0.3 is 10.6 Å². The SMILES string of the molecule is CC(C)CN1CCN(Cc2ccc(N)cn2)CC1. The molecule has 100 valence electrons. The number of nitrogens with zero attached hydrogens (tertiary/aromatic N) is 3. The topological polar surface area (TPSA) is 45.4 Å². The van der Waals surface area contributed by atoms with Gasteiger partial charge in [-0.2, -0.15) is 0 Å². The number of nitrogen functional groups attached to an aromatic ring is 1. The average molecular weight is 248 g/mol. The van der Waals surface area contributed by atoms with E-state index in [9.17, 15) is 0 Å². The Morgan fingerprint density at radius 1 is 1.17 bits per heavy atom. The van der Waals surface area contributed by atoms with Gasteiger partial charge in [0.15, 0.2) is 0 Å². The quantitative estimate of drug-likeness (QED) is 0.876. The first-order valence-electron chi connectivity index (χ1n) is 6.78. The minimum Gasteiger partial charge on any atom is -0.397 e. The molecule has 0 amide bonds. The molecule has 1 aromatic rings. The van der Waals surface area contributed by atoms with Crippen LogP contribution in [0.25, 0.3) is 0 Å². The van der Waals surface area contributed by atoms with Gasteiger partial charge in [-0.25, -0.2) is 0 Å². The molecule has 0 aromatic carbocycles. The van der Waals surface area contributed by atoms with Crippen LogP contribution in [-0.2, 0) is 6.54 Å². The minimum atomic E-state index is 0.737. The van der Waals surface area contributed by atoms with Crippen LogP contribution in [0, 0.1) is 5.92 Å². The molecule has 1 fully saturated rings. The summed E-state index contributed by atoms with van der Waals surface area (Å²) in [5.41, 5.74) is 7.49. The zero-order chi connectivity index (χ0) is 13.0. The first-order valence-corrected chi connectivity index (χ1v) is 6.78. The normalized spacial score (nSPS) is 18.4. The number of rotatable bonds is 4. The predicted molar refractivity (Wildman–Crippen MR) is 75.2 cm³/mol. The summed E-state index contributed by atoms with van der Waals surface area (Å²) in [6.07, 6.45) is 1.74. The molecule has 18 heavy (non-hydrogen) atoms. The van der Waals surface area contributed by atoms with Gasteiger partial charge in [-0.15, -0.1) is 0 Å². The third-order valence-corrected chi connectivity index (χ3v) is 3.32. The molecule has 2 rings (SSSR count). The van der Waals surface area contributed by atoms with Gasteiger partial charge in [0.05, 0.1) is 17.6 Å². The van der Waals surface area contributed by atoms with Crippen molar-refractivity contribution in [1.82, 2.24) is 14.8 Å². The zero-order valence-electron chi connectivity index (χ0n) is 11.5. The van der Waals surface area contributed by atoms with Crippen molar-refractivity contribution < 1.29 is 0 Å². The number of nitrogens with two attached hydrogens (primary N) is 1. The predicted octanol–water partition coefficient (Wildman–Crippen LogP) is 1.44. The van der Waals surface area contributed by atoms with E-state index in [1.165, 1.54) is 19.6 Å². The fourth-order valence-electron chi connectivity index (χ4n) is 2.40. The summed E-state index contributed by atoms with van der Waals surface area (Å²) in [5.74, 6) is 0.760. The number of anilines is 1. The maximum atomic E-state index is 5.64. The highest BCUT2D eigenvalue weighted by Crippen LogP contribution is 2.09. The lowest BCUT2D eigenvalue weighted by Gasteiger charge is -2.35. The van der Waals surface area contributed by atoms with Crippen molar-refractivity contribution in [2.75, 3.05) is 38.5 Å². The maximum Gasteiger partial charge on any atom is 0.0545 e. The van der Waals surface area contributed by atoms with Gasteiger partial charge >= 0.3 is 0 Å². The van der Waals surface area contributed by atoms with Crippen LogP contribution in [0.2, 0.25) is 0 Å². The third kappa shape index (κ3) is 3.96. The van der Waals surface area contributed by atoms with Crippen molar-refractivity contribution in [3.05, 3.63) is 24.0 Å². The Kier molecular flexibility index (Phi) is 4.55. The summed E-state index contributed by atoms with van der Waals surface area (Å²) < 4.78 is 0. The molecule has 4 heteroatoms. The molecule has 0 radical (unpaired) electrons. The van der Waals surface area contributed by atoms with Gasteiger partial charge in [-0.1, -0.05) is 13.8 Å². The van der Waals surface area contributed by atoms with Crippen molar-refractivity contribution in [2.24, 2.45) is 5.92 Å². The highest BCUT2D eigenvalue weighted by Gasteiger charge is 2.17. The van der Waals surface area contributed by atoms with Crippen molar-refractivity contribution in [3.63, 3.8) is 0 Å². The van der Waals surface area contributed by atoms with Gasteiger partial charge in [0.2, 0.25) is 0 Å². The third-order valence-electron chi connectivity index (χ3n) is 3.32. The maximum absolute atomic E-state index is 5.64. The van der Waals surface area contributed by atoms with Crippen LogP contribution in [-0.4, -0.2) is 47.5 Å². The van der Waals surface area contributed by atoms with Crippen LogP contribution in [0.15, 0.2) is 18.3 Å². The van der Waals surface area contributed by atoms with E-state index in [2.05, 4.69) is 28.6 Å². The number of pyridine rings is 1. The molecule has 0 saturated carbocycles. The van der Waals surface area contributed by atoms with E-state index in [4.69, 9.17) is 5.73 Å². The van der Waals surface area contributed by atoms with E-state index in [-0.39, 0.29) is 0 Å². The van der Waals surface area contributed by atoms with E-state index in [0.29, 0.717) is 0 Å². The van der Waals surface area contributed by atoms with Crippen LogP contribution in [0.1, 0.15) is 19.5 Å². The molecule has 0 unspecified atom stereocenters. The van der Waals surface area contributed by atoms with E-state index >= 15 is 0 Å². The lowest BCUT2D eigenvalue weighted by molar-refractivity contribution is 0.116. The highest BCUT2D eigenvalue weighted by atomic mass is 15.3. The smallest absolute Gasteiger partial charge is 0.0545 e. The van der Waals surface area contributed by atoms with Gasteiger partial charge in [-0.05, 0) is 18.1 Å². The molecule has 2 heterocycles. The standard InChI is InChI=1S/C14H24N4/c1-12(2)10-17-5-7-18(8-6-17)11-14-4-3-13(15)9-16-14/h3-4,9,12H,5-8,10-11,15H2,1-2H3. The molecule has 1 aromatic heterocycles. The number of piperazine rings is 1. The van der Waals surface area contributed by atoms with Crippen LogP contribution in [0.5, 0.6) is 0 Å². The Hall–Kier alpha value is -1.13. The van der Waals surface area contributed by atoms with Gasteiger partial charge in [0, 0.05) is 39.3 Å². The summed E-state index contributed by atoms with van der Waals surface area (Å²) in [4.78, 5) is 9.38. The van der Waals surface area contributed by atoms with Gasteiger partial charge in [0.1, 0.15) is 0 Å². The van der Waals surface area contributed by atoms with E-state index in [1.54, 1.807) is 6.20 Å². The first kappa shape index (κ1) is 13.3.